The third kappa shape index (κ3) is 5.35. The van der Waals surface area contributed by atoms with Gasteiger partial charge in [0, 0.05) is 13.1 Å². The van der Waals surface area contributed by atoms with E-state index in [1.807, 2.05) is 0 Å². The molecule has 0 aromatic heterocycles. The van der Waals surface area contributed by atoms with E-state index in [2.05, 4.69) is 10.0 Å². The van der Waals surface area contributed by atoms with Crippen LogP contribution in [0, 0.1) is 5.92 Å². The minimum atomic E-state index is -3.51. The van der Waals surface area contributed by atoms with Crippen LogP contribution in [0.2, 0.25) is 0 Å². The fourth-order valence-electron chi connectivity index (χ4n) is 1.87. The Kier molecular flexibility index (Phi) is 6.64. The van der Waals surface area contributed by atoms with Crippen molar-refractivity contribution in [2.45, 2.75) is 31.6 Å². The lowest BCUT2D eigenvalue weighted by Crippen LogP contribution is -2.24. The van der Waals surface area contributed by atoms with Gasteiger partial charge in [-0.15, -0.1) is 0 Å². The molecule has 3 N–H and O–H groups in total. The molecule has 0 aliphatic heterocycles. The zero-order valence-electron chi connectivity index (χ0n) is 12.3. The molecule has 0 aliphatic carbocycles. The Morgan fingerprint density at radius 2 is 2.00 bits per heavy atom. The van der Waals surface area contributed by atoms with Crippen molar-refractivity contribution in [2.24, 2.45) is 5.92 Å². The van der Waals surface area contributed by atoms with Crippen LogP contribution < -0.4 is 10.0 Å². The maximum Gasteiger partial charge on any atom is 0.306 e. The second-order valence-electron chi connectivity index (χ2n) is 4.81. The molecule has 1 rings (SSSR count). The Labute approximate surface area is 125 Å². The molecule has 0 saturated carbocycles. The van der Waals surface area contributed by atoms with E-state index in [1.165, 1.54) is 0 Å². The molecule has 1 unspecified atom stereocenters. The Bertz CT molecular complexity index is 572. The smallest absolute Gasteiger partial charge is 0.306 e. The van der Waals surface area contributed by atoms with E-state index >= 15 is 0 Å². The van der Waals surface area contributed by atoms with E-state index in [4.69, 9.17) is 5.11 Å². The molecule has 0 bridgehead atoms. The number of nitrogens with one attached hydrogen (secondary N) is 2. The summed E-state index contributed by atoms with van der Waals surface area (Å²) < 4.78 is 26.6. The number of rotatable bonds is 9. The zero-order chi connectivity index (χ0) is 15.9. The zero-order valence-corrected chi connectivity index (χ0v) is 13.1. The topological polar surface area (TPSA) is 95.5 Å². The average Bonchev–Trinajstić information content (AvgIpc) is 2.43. The third-order valence-corrected chi connectivity index (χ3v) is 4.67. The summed E-state index contributed by atoms with van der Waals surface area (Å²) in [5.74, 6) is -1.21. The van der Waals surface area contributed by atoms with Gasteiger partial charge >= 0.3 is 5.97 Å². The molecule has 21 heavy (non-hydrogen) atoms. The summed E-state index contributed by atoms with van der Waals surface area (Å²) >= 11 is 0. The van der Waals surface area contributed by atoms with E-state index in [1.54, 1.807) is 38.1 Å². The number of benzene rings is 1. The van der Waals surface area contributed by atoms with Crippen molar-refractivity contribution in [3.05, 3.63) is 24.3 Å². The molecule has 1 atom stereocenters. The average molecular weight is 314 g/mol. The molecule has 0 radical (unpaired) electrons. The molecule has 0 aliphatic rings. The molecule has 0 fully saturated rings. The standard InChI is InChI=1S/C14H22N2O4S/c1-3-16-21(19,20)13-9-5-4-8-12(13)15-10-6-7-11(2)14(17)18/h4-5,8-9,11,15-16H,3,6-7,10H2,1-2H3,(H,17,18). The summed E-state index contributed by atoms with van der Waals surface area (Å²) in [5, 5.41) is 11.9. The van der Waals surface area contributed by atoms with Crippen LogP contribution in [0.25, 0.3) is 0 Å². The molecule has 1 aromatic rings. The normalized spacial score (nSPS) is 12.9. The van der Waals surface area contributed by atoms with Crippen LogP contribution in [-0.2, 0) is 14.8 Å². The maximum atomic E-state index is 12.1. The van der Waals surface area contributed by atoms with Gasteiger partial charge in [-0.1, -0.05) is 26.0 Å². The second kappa shape index (κ2) is 7.99. The highest BCUT2D eigenvalue weighted by Gasteiger charge is 2.17. The van der Waals surface area contributed by atoms with E-state index in [0.29, 0.717) is 31.6 Å². The molecular formula is C14H22N2O4S. The summed E-state index contributed by atoms with van der Waals surface area (Å²) in [6.45, 7) is 4.23. The van der Waals surface area contributed by atoms with Gasteiger partial charge in [-0.2, -0.15) is 0 Å². The first-order valence-electron chi connectivity index (χ1n) is 6.94. The molecule has 118 valence electrons. The van der Waals surface area contributed by atoms with Crippen molar-refractivity contribution in [3.63, 3.8) is 0 Å². The number of hydrogen-bond acceptors (Lipinski definition) is 4. The predicted molar refractivity (Wildman–Crippen MR) is 81.8 cm³/mol. The van der Waals surface area contributed by atoms with Gasteiger partial charge in [0.15, 0.2) is 0 Å². The largest absolute Gasteiger partial charge is 0.481 e. The van der Waals surface area contributed by atoms with Gasteiger partial charge < -0.3 is 10.4 Å². The highest BCUT2D eigenvalue weighted by Crippen LogP contribution is 2.20. The lowest BCUT2D eigenvalue weighted by molar-refractivity contribution is -0.141. The van der Waals surface area contributed by atoms with E-state index in [-0.39, 0.29) is 4.90 Å². The van der Waals surface area contributed by atoms with Crippen molar-refractivity contribution < 1.29 is 18.3 Å². The van der Waals surface area contributed by atoms with Crippen molar-refractivity contribution in [2.75, 3.05) is 18.4 Å². The fourth-order valence-corrected chi connectivity index (χ4v) is 3.09. The maximum absolute atomic E-state index is 12.1. The molecule has 0 heterocycles. The summed E-state index contributed by atoms with van der Waals surface area (Å²) in [6.07, 6.45) is 1.20. The summed E-state index contributed by atoms with van der Waals surface area (Å²) in [5.41, 5.74) is 0.529. The van der Waals surface area contributed by atoms with Crippen molar-refractivity contribution in [1.82, 2.24) is 4.72 Å². The molecule has 6 nitrogen and oxygen atoms in total. The summed E-state index contributed by atoms with van der Waals surface area (Å²) in [6, 6.07) is 6.67. The highest BCUT2D eigenvalue weighted by molar-refractivity contribution is 7.89. The fraction of sp³-hybridized carbons (Fsp3) is 0.500. The first-order chi connectivity index (χ1) is 9.88. The Hall–Kier alpha value is -1.60. The number of hydrogen-bond donors (Lipinski definition) is 3. The minimum absolute atomic E-state index is 0.207. The minimum Gasteiger partial charge on any atom is -0.481 e. The molecular weight excluding hydrogens is 292 g/mol. The van der Waals surface area contributed by atoms with Crippen LogP contribution >= 0.6 is 0 Å². The van der Waals surface area contributed by atoms with Crippen LogP contribution in [0.1, 0.15) is 26.7 Å². The van der Waals surface area contributed by atoms with Gasteiger partial charge in [-0.3, -0.25) is 4.79 Å². The molecule has 1 aromatic carbocycles. The third-order valence-electron chi connectivity index (χ3n) is 3.06. The van der Waals surface area contributed by atoms with E-state index < -0.39 is 21.9 Å². The van der Waals surface area contributed by atoms with Crippen LogP contribution in [0.15, 0.2) is 29.2 Å². The number of carboxylic acid groups (broad SMARTS) is 1. The second-order valence-corrected chi connectivity index (χ2v) is 6.54. The van der Waals surface area contributed by atoms with Crippen LogP contribution in [0.3, 0.4) is 0 Å². The van der Waals surface area contributed by atoms with Gasteiger partial charge in [-0.05, 0) is 25.0 Å². The number of anilines is 1. The lowest BCUT2D eigenvalue weighted by Gasteiger charge is -2.13. The number of para-hydroxylation sites is 1. The van der Waals surface area contributed by atoms with Crippen LogP contribution in [0.4, 0.5) is 5.69 Å². The van der Waals surface area contributed by atoms with Gasteiger partial charge in [0.2, 0.25) is 10.0 Å². The lowest BCUT2D eigenvalue weighted by atomic mass is 10.1. The Morgan fingerprint density at radius 1 is 1.33 bits per heavy atom. The quantitative estimate of drug-likeness (QED) is 0.605. The Balaban J connectivity index is 2.66. The highest BCUT2D eigenvalue weighted by atomic mass is 32.2. The number of carbonyl (C=O) groups is 1. The van der Waals surface area contributed by atoms with Crippen LogP contribution in [0.5, 0.6) is 0 Å². The van der Waals surface area contributed by atoms with Crippen molar-refractivity contribution in [1.29, 1.82) is 0 Å². The SMILES string of the molecule is CCNS(=O)(=O)c1ccccc1NCCCC(C)C(=O)O. The molecule has 0 saturated heterocycles. The molecule has 0 amide bonds. The van der Waals surface area contributed by atoms with Gasteiger partial charge in [0.1, 0.15) is 4.90 Å². The van der Waals surface area contributed by atoms with Crippen LogP contribution in [-0.4, -0.2) is 32.6 Å². The van der Waals surface area contributed by atoms with Gasteiger partial charge in [-0.25, -0.2) is 13.1 Å². The number of carboxylic acids is 1. The summed E-state index contributed by atoms with van der Waals surface area (Å²) in [4.78, 5) is 10.9. The molecule has 7 heteroatoms. The van der Waals surface area contributed by atoms with E-state index in [0.717, 1.165) is 0 Å². The molecule has 0 spiro atoms. The van der Waals surface area contributed by atoms with Gasteiger partial charge in [0.05, 0.1) is 11.6 Å². The Morgan fingerprint density at radius 3 is 2.62 bits per heavy atom. The van der Waals surface area contributed by atoms with E-state index in [9.17, 15) is 13.2 Å². The predicted octanol–water partition coefficient (Wildman–Crippen LogP) is 1.90. The van der Waals surface area contributed by atoms with Gasteiger partial charge in [0.25, 0.3) is 0 Å². The summed E-state index contributed by atoms with van der Waals surface area (Å²) in [7, 11) is -3.51. The van der Waals surface area contributed by atoms with Crippen molar-refractivity contribution >= 4 is 21.7 Å². The van der Waals surface area contributed by atoms with Crippen molar-refractivity contribution in [3.8, 4) is 0 Å². The number of sulfonamides is 1. The number of aliphatic carboxylic acids is 1. The monoisotopic (exact) mass is 314 g/mol. The first-order valence-corrected chi connectivity index (χ1v) is 8.42. The first kappa shape index (κ1) is 17.5.